The molecule has 1 aliphatic rings. The van der Waals surface area contributed by atoms with E-state index in [0.29, 0.717) is 23.3 Å². The molecule has 1 fully saturated rings. The van der Waals surface area contributed by atoms with Gasteiger partial charge in [-0.25, -0.2) is 4.98 Å². The van der Waals surface area contributed by atoms with Gasteiger partial charge in [0.25, 0.3) is 5.91 Å². The van der Waals surface area contributed by atoms with Gasteiger partial charge in [-0.2, -0.15) is 0 Å². The highest BCUT2D eigenvalue weighted by molar-refractivity contribution is 9.10. The number of carbonyl (C=O) groups is 1. The van der Waals surface area contributed by atoms with Gasteiger partial charge in [0, 0.05) is 23.8 Å². The third-order valence-electron chi connectivity index (χ3n) is 4.00. The van der Waals surface area contributed by atoms with Crippen LogP contribution in [-0.2, 0) is 0 Å². The number of aromatic nitrogens is 1. The number of pyridine rings is 1. The summed E-state index contributed by atoms with van der Waals surface area (Å²) in [4.78, 5) is 18.4. The summed E-state index contributed by atoms with van der Waals surface area (Å²) in [5.41, 5.74) is 6.29. The number of halogens is 1. The van der Waals surface area contributed by atoms with Gasteiger partial charge in [-0.1, -0.05) is 19.8 Å². The third-order valence-corrected chi connectivity index (χ3v) is 4.43. The molecule has 1 saturated carbocycles. The van der Waals surface area contributed by atoms with E-state index < -0.39 is 0 Å². The molecule has 2 atom stereocenters. The molecule has 1 amide bonds. The normalized spacial score (nSPS) is 23.1. The maximum atomic E-state index is 12.5. The second-order valence-corrected chi connectivity index (χ2v) is 6.25. The fourth-order valence-electron chi connectivity index (χ4n) is 2.83. The Kier molecular flexibility index (Phi) is 4.45. The van der Waals surface area contributed by atoms with E-state index >= 15 is 0 Å². The maximum absolute atomic E-state index is 12.5. The zero-order chi connectivity index (χ0) is 14.0. The van der Waals surface area contributed by atoms with Crippen molar-refractivity contribution in [2.75, 3.05) is 12.8 Å². The lowest BCUT2D eigenvalue weighted by atomic mass is 9.85. The lowest BCUT2D eigenvalue weighted by molar-refractivity contribution is 0.0629. The highest BCUT2D eigenvalue weighted by Crippen LogP contribution is 2.29. The van der Waals surface area contributed by atoms with Crippen LogP contribution in [-0.4, -0.2) is 28.9 Å². The van der Waals surface area contributed by atoms with Gasteiger partial charge in [0.15, 0.2) is 0 Å². The van der Waals surface area contributed by atoms with Gasteiger partial charge in [0.1, 0.15) is 5.82 Å². The summed E-state index contributed by atoms with van der Waals surface area (Å²) in [5.74, 6) is 0.803. The molecule has 2 rings (SSSR count). The molecule has 0 spiro atoms. The van der Waals surface area contributed by atoms with Crippen LogP contribution in [0.25, 0.3) is 0 Å². The average Bonchev–Trinajstić information content (AvgIpc) is 2.40. The summed E-state index contributed by atoms with van der Waals surface area (Å²) in [6, 6.07) is 2.05. The Morgan fingerprint density at radius 3 is 2.84 bits per heavy atom. The molecule has 104 valence electrons. The minimum atomic E-state index is -0.0370. The molecule has 5 heteroatoms. The van der Waals surface area contributed by atoms with E-state index in [2.05, 4.69) is 27.8 Å². The molecule has 0 saturated heterocycles. The Balaban J connectivity index is 2.20. The molecular formula is C14H20BrN3O. The molecule has 2 N–H and O–H groups in total. The summed E-state index contributed by atoms with van der Waals surface area (Å²) in [6.07, 6.45) is 6.33. The molecule has 1 aromatic heterocycles. The van der Waals surface area contributed by atoms with E-state index in [1.54, 1.807) is 12.3 Å². The van der Waals surface area contributed by atoms with Gasteiger partial charge in [0.05, 0.1) is 5.56 Å². The topological polar surface area (TPSA) is 59.2 Å². The Hall–Kier alpha value is -1.10. The standard InChI is InChI=1S/C14H20BrN3O/c1-9-5-3-4-6-12(9)18(2)14(19)11-7-10(15)8-17-13(11)16/h7-9,12H,3-6H2,1-2H3,(H2,16,17). The SMILES string of the molecule is CC1CCCCC1N(C)C(=O)c1cc(Br)cnc1N. The van der Waals surface area contributed by atoms with Crippen molar-refractivity contribution < 1.29 is 4.79 Å². The predicted octanol–water partition coefficient (Wildman–Crippen LogP) is 3.08. The van der Waals surface area contributed by atoms with Gasteiger partial charge >= 0.3 is 0 Å². The number of nitrogens with two attached hydrogens (primary N) is 1. The highest BCUT2D eigenvalue weighted by atomic mass is 79.9. The number of anilines is 1. The average molecular weight is 326 g/mol. The second kappa shape index (κ2) is 5.90. The first kappa shape index (κ1) is 14.3. The van der Waals surface area contributed by atoms with Crippen LogP contribution in [0.3, 0.4) is 0 Å². The summed E-state index contributed by atoms with van der Waals surface area (Å²) >= 11 is 3.33. The summed E-state index contributed by atoms with van der Waals surface area (Å²) in [6.45, 7) is 2.22. The molecule has 0 bridgehead atoms. The fraction of sp³-hybridized carbons (Fsp3) is 0.571. The van der Waals surface area contributed by atoms with Crippen LogP contribution < -0.4 is 5.73 Å². The number of carbonyl (C=O) groups excluding carboxylic acids is 1. The molecule has 4 nitrogen and oxygen atoms in total. The van der Waals surface area contributed by atoms with Crippen LogP contribution >= 0.6 is 15.9 Å². The molecule has 1 aliphatic carbocycles. The monoisotopic (exact) mass is 325 g/mol. The highest BCUT2D eigenvalue weighted by Gasteiger charge is 2.29. The van der Waals surface area contributed by atoms with Crippen LogP contribution in [0.4, 0.5) is 5.82 Å². The quantitative estimate of drug-likeness (QED) is 0.908. The number of nitrogen functional groups attached to an aromatic ring is 1. The number of hydrogen-bond acceptors (Lipinski definition) is 3. The number of nitrogens with zero attached hydrogens (tertiary/aromatic N) is 2. The van der Waals surface area contributed by atoms with Crippen molar-refractivity contribution in [2.45, 2.75) is 38.6 Å². The van der Waals surface area contributed by atoms with E-state index in [9.17, 15) is 4.79 Å². The van der Waals surface area contributed by atoms with Gasteiger partial charge in [-0.15, -0.1) is 0 Å². The summed E-state index contributed by atoms with van der Waals surface area (Å²) in [7, 11) is 1.87. The number of hydrogen-bond donors (Lipinski definition) is 1. The van der Waals surface area contributed by atoms with Crippen molar-refractivity contribution in [3.8, 4) is 0 Å². The molecule has 2 unspecified atom stereocenters. The van der Waals surface area contributed by atoms with E-state index in [-0.39, 0.29) is 5.91 Å². The van der Waals surface area contributed by atoms with Crippen molar-refractivity contribution in [2.24, 2.45) is 5.92 Å². The van der Waals surface area contributed by atoms with E-state index in [4.69, 9.17) is 5.73 Å². The van der Waals surface area contributed by atoms with Crippen LogP contribution in [0.2, 0.25) is 0 Å². The lowest BCUT2D eigenvalue weighted by Crippen LogP contribution is -2.42. The largest absolute Gasteiger partial charge is 0.383 e. The van der Waals surface area contributed by atoms with Crippen molar-refractivity contribution in [1.82, 2.24) is 9.88 Å². The van der Waals surface area contributed by atoms with Crippen LogP contribution in [0, 0.1) is 5.92 Å². The predicted molar refractivity (Wildman–Crippen MR) is 79.9 cm³/mol. The summed E-state index contributed by atoms with van der Waals surface area (Å²) < 4.78 is 0.773. The van der Waals surface area contributed by atoms with Gasteiger partial charge in [-0.3, -0.25) is 4.79 Å². The fourth-order valence-corrected chi connectivity index (χ4v) is 3.17. The second-order valence-electron chi connectivity index (χ2n) is 5.33. The van der Waals surface area contributed by atoms with Crippen molar-refractivity contribution in [3.05, 3.63) is 22.3 Å². The van der Waals surface area contributed by atoms with Gasteiger partial charge in [-0.05, 0) is 40.8 Å². The van der Waals surface area contributed by atoms with Crippen molar-refractivity contribution in [3.63, 3.8) is 0 Å². The zero-order valence-electron chi connectivity index (χ0n) is 11.4. The lowest BCUT2D eigenvalue weighted by Gasteiger charge is -2.36. The molecular weight excluding hydrogens is 306 g/mol. The Bertz CT molecular complexity index is 478. The third kappa shape index (κ3) is 3.08. The maximum Gasteiger partial charge on any atom is 0.257 e. The molecule has 1 heterocycles. The first-order valence-corrected chi connectivity index (χ1v) is 7.48. The van der Waals surface area contributed by atoms with Crippen LogP contribution in [0.15, 0.2) is 16.7 Å². The van der Waals surface area contributed by atoms with E-state index in [0.717, 1.165) is 10.9 Å². The van der Waals surface area contributed by atoms with E-state index in [1.807, 2.05) is 11.9 Å². The van der Waals surface area contributed by atoms with Gasteiger partial charge < -0.3 is 10.6 Å². The van der Waals surface area contributed by atoms with Crippen LogP contribution in [0.1, 0.15) is 43.0 Å². The molecule has 0 aliphatic heterocycles. The van der Waals surface area contributed by atoms with Crippen molar-refractivity contribution in [1.29, 1.82) is 0 Å². The smallest absolute Gasteiger partial charge is 0.257 e. The number of amides is 1. The molecule has 19 heavy (non-hydrogen) atoms. The molecule has 0 radical (unpaired) electrons. The Labute approximate surface area is 122 Å². The minimum absolute atomic E-state index is 0.0370. The Morgan fingerprint density at radius 2 is 2.16 bits per heavy atom. The number of rotatable bonds is 2. The first-order chi connectivity index (χ1) is 9.00. The zero-order valence-corrected chi connectivity index (χ0v) is 13.0. The Morgan fingerprint density at radius 1 is 1.47 bits per heavy atom. The van der Waals surface area contributed by atoms with Crippen LogP contribution in [0.5, 0.6) is 0 Å². The minimum Gasteiger partial charge on any atom is -0.383 e. The molecule has 1 aromatic rings. The molecule has 0 aromatic carbocycles. The van der Waals surface area contributed by atoms with E-state index in [1.165, 1.54) is 19.3 Å². The first-order valence-electron chi connectivity index (χ1n) is 6.69. The summed E-state index contributed by atoms with van der Waals surface area (Å²) in [5, 5.41) is 0. The van der Waals surface area contributed by atoms with Crippen molar-refractivity contribution >= 4 is 27.7 Å². The van der Waals surface area contributed by atoms with Gasteiger partial charge in [0.2, 0.25) is 0 Å².